The molecule has 1 heterocycles. The summed E-state index contributed by atoms with van der Waals surface area (Å²) in [5.74, 6) is 0.907. The molecule has 1 saturated heterocycles. The van der Waals surface area contributed by atoms with E-state index >= 15 is 0 Å². The maximum Gasteiger partial charge on any atom is 0.410 e. The van der Waals surface area contributed by atoms with Crippen LogP contribution in [0.5, 0.6) is 0 Å². The number of likely N-dealkylation sites (tertiary alicyclic amines) is 1. The Morgan fingerprint density at radius 1 is 0.723 bits per heavy atom. The van der Waals surface area contributed by atoms with E-state index in [4.69, 9.17) is 9.47 Å². The highest BCUT2D eigenvalue weighted by molar-refractivity contribution is 5.90. The zero-order valence-electron chi connectivity index (χ0n) is 29.6. The van der Waals surface area contributed by atoms with E-state index in [1.165, 1.54) is 19.3 Å². The van der Waals surface area contributed by atoms with Gasteiger partial charge >= 0.3 is 12.2 Å². The van der Waals surface area contributed by atoms with Crippen LogP contribution in [-0.4, -0.2) is 83.3 Å². The molecule has 0 spiro atoms. The van der Waals surface area contributed by atoms with Gasteiger partial charge < -0.3 is 24.2 Å². The predicted molar refractivity (Wildman–Crippen MR) is 188 cm³/mol. The Morgan fingerprint density at radius 2 is 1.23 bits per heavy atom. The summed E-state index contributed by atoms with van der Waals surface area (Å²) in [6, 6.07) is 14.3. The maximum atomic E-state index is 13.3. The normalized spacial score (nSPS) is 16.8. The van der Waals surface area contributed by atoms with Crippen LogP contribution in [0.2, 0.25) is 0 Å². The third-order valence-electron chi connectivity index (χ3n) is 8.99. The molecule has 0 atom stereocenters. The molecule has 2 aromatic carbocycles. The number of hydrogen-bond donors (Lipinski definition) is 0. The standard InChI is InChI=1S/C39H57N3O5/c1-38(2,3)46-36(44)41(28-30-15-8-7-9-16-30)23-12-13-24-42(37(45)47-39(4,5)6)29-31-21-25-40(26-22-31)35(43)27-33-19-14-18-32-17-10-11-20-34(32)33/h10-14,17-20,30-31H,7-9,15-16,21-29H2,1-6H3/b13-12+. The third kappa shape index (κ3) is 11.9. The SMILES string of the molecule is CC(C)(C)OC(=O)N(C/C=C/CN(CC1CCN(C(=O)Cc2cccc3ccccc23)CC1)C(=O)OC(C)(C)C)CC1CCCCC1. The summed E-state index contributed by atoms with van der Waals surface area (Å²) < 4.78 is 11.5. The van der Waals surface area contributed by atoms with Crippen LogP contribution in [0, 0.1) is 11.8 Å². The Morgan fingerprint density at radius 3 is 1.79 bits per heavy atom. The van der Waals surface area contributed by atoms with Crippen LogP contribution in [0.25, 0.3) is 10.8 Å². The highest BCUT2D eigenvalue weighted by Crippen LogP contribution is 2.26. The van der Waals surface area contributed by atoms with E-state index in [9.17, 15) is 14.4 Å². The fourth-order valence-electron chi connectivity index (χ4n) is 6.58. The minimum absolute atomic E-state index is 0.148. The molecule has 2 aliphatic rings. The lowest BCUT2D eigenvalue weighted by Gasteiger charge is -2.35. The number of hydrogen-bond acceptors (Lipinski definition) is 5. The molecule has 1 aliphatic heterocycles. The molecule has 8 nitrogen and oxygen atoms in total. The largest absolute Gasteiger partial charge is 0.444 e. The van der Waals surface area contributed by atoms with Crippen LogP contribution < -0.4 is 0 Å². The predicted octanol–water partition coefficient (Wildman–Crippen LogP) is 8.23. The molecule has 1 saturated carbocycles. The van der Waals surface area contributed by atoms with E-state index in [1.807, 2.05) is 82.9 Å². The Hall–Kier alpha value is -3.55. The monoisotopic (exact) mass is 647 g/mol. The van der Waals surface area contributed by atoms with Crippen molar-refractivity contribution in [3.8, 4) is 0 Å². The van der Waals surface area contributed by atoms with Gasteiger partial charge in [-0.25, -0.2) is 9.59 Å². The van der Waals surface area contributed by atoms with Gasteiger partial charge in [-0.15, -0.1) is 0 Å². The summed E-state index contributed by atoms with van der Waals surface area (Å²) in [7, 11) is 0. The third-order valence-corrected chi connectivity index (χ3v) is 8.99. The summed E-state index contributed by atoms with van der Waals surface area (Å²) in [6.45, 7) is 14.7. The van der Waals surface area contributed by atoms with Crippen molar-refractivity contribution in [2.24, 2.45) is 11.8 Å². The minimum Gasteiger partial charge on any atom is -0.444 e. The van der Waals surface area contributed by atoms with E-state index in [0.29, 0.717) is 51.6 Å². The second-order valence-electron chi connectivity index (χ2n) is 15.4. The summed E-state index contributed by atoms with van der Waals surface area (Å²) in [5.41, 5.74) is -0.110. The Bertz CT molecular complexity index is 1360. The minimum atomic E-state index is -0.607. The van der Waals surface area contributed by atoms with Crippen molar-refractivity contribution in [2.75, 3.05) is 39.3 Å². The first-order valence-electron chi connectivity index (χ1n) is 17.6. The molecule has 258 valence electrons. The quantitative estimate of drug-likeness (QED) is 0.243. The number of nitrogens with zero attached hydrogens (tertiary/aromatic N) is 3. The van der Waals surface area contributed by atoms with Crippen molar-refractivity contribution in [1.82, 2.24) is 14.7 Å². The lowest BCUT2D eigenvalue weighted by Crippen LogP contribution is -2.44. The van der Waals surface area contributed by atoms with E-state index in [0.717, 1.165) is 42.0 Å². The fraction of sp³-hybridized carbons (Fsp3) is 0.615. The first-order valence-corrected chi connectivity index (χ1v) is 17.6. The van der Waals surface area contributed by atoms with Gasteiger partial charge in [-0.3, -0.25) is 4.79 Å². The lowest BCUT2D eigenvalue weighted by molar-refractivity contribution is -0.131. The molecule has 4 rings (SSSR count). The van der Waals surface area contributed by atoms with Gasteiger partial charge in [-0.2, -0.15) is 0 Å². The second-order valence-corrected chi connectivity index (χ2v) is 15.4. The highest BCUT2D eigenvalue weighted by Gasteiger charge is 2.29. The lowest BCUT2D eigenvalue weighted by atomic mass is 9.89. The molecule has 0 N–H and O–H groups in total. The number of rotatable bonds is 10. The summed E-state index contributed by atoms with van der Waals surface area (Å²) >= 11 is 0. The summed E-state index contributed by atoms with van der Waals surface area (Å²) in [5, 5.41) is 2.28. The van der Waals surface area contributed by atoms with E-state index in [2.05, 4.69) is 18.2 Å². The van der Waals surface area contributed by atoms with Crippen LogP contribution in [0.3, 0.4) is 0 Å². The number of carbonyl (C=O) groups excluding carboxylic acids is 3. The molecule has 3 amide bonds. The number of fused-ring (bicyclic) bond motifs is 1. The molecule has 0 aromatic heterocycles. The van der Waals surface area contributed by atoms with Gasteiger partial charge in [0.2, 0.25) is 5.91 Å². The van der Waals surface area contributed by atoms with Gasteiger partial charge in [0.1, 0.15) is 11.2 Å². The molecule has 0 bridgehead atoms. The van der Waals surface area contributed by atoms with E-state index in [-0.39, 0.29) is 24.0 Å². The average Bonchev–Trinajstić information content (AvgIpc) is 3.01. The molecular formula is C39H57N3O5. The smallest absolute Gasteiger partial charge is 0.410 e. The molecular weight excluding hydrogens is 590 g/mol. The van der Waals surface area contributed by atoms with Gasteiger partial charge in [0.05, 0.1) is 6.42 Å². The van der Waals surface area contributed by atoms with Crippen molar-refractivity contribution in [1.29, 1.82) is 0 Å². The molecule has 0 radical (unpaired) electrons. The van der Waals surface area contributed by atoms with Crippen molar-refractivity contribution >= 4 is 28.9 Å². The maximum absolute atomic E-state index is 13.3. The number of ether oxygens (including phenoxy) is 2. The Labute approximate surface area is 282 Å². The van der Waals surface area contributed by atoms with Crippen LogP contribution >= 0.6 is 0 Å². The number of piperidine rings is 1. The molecule has 47 heavy (non-hydrogen) atoms. The molecule has 1 aliphatic carbocycles. The van der Waals surface area contributed by atoms with Gasteiger partial charge in [0.15, 0.2) is 0 Å². The molecule has 0 unspecified atom stereocenters. The van der Waals surface area contributed by atoms with Crippen LogP contribution in [0.15, 0.2) is 54.6 Å². The fourth-order valence-corrected chi connectivity index (χ4v) is 6.58. The molecule has 2 fully saturated rings. The van der Waals surface area contributed by atoms with Crippen molar-refractivity contribution in [3.05, 3.63) is 60.2 Å². The topological polar surface area (TPSA) is 79.4 Å². The number of amides is 3. The molecule has 2 aromatic rings. The summed E-state index contributed by atoms with van der Waals surface area (Å²) in [4.78, 5) is 45.2. The van der Waals surface area contributed by atoms with Crippen LogP contribution in [0.1, 0.15) is 92.1 Å². The Kier molecular flexibility index (Phi) is 12.8. The van der Waals surface area contributed by atoms with Gasteiger partial charge in [0, 0.05) is 39.3 Å². The van der Waals surface area contributed by atoms with Crippen LogP contribution in [-0.2, 0) is 20.7 Å². The first kappa shape index (κ1) is 36.3. The second kappa shape index (κ2) is 16.5. The van der Waals surface area contributed by atoms with Gasteiger partial charge in [-0.05, 0) is 95.4 Å². The highest BCUT2D eigenvalue weighted by atomic mass is 16.6. The number of carbonyl (C=O) groups is 3. The zero-order chi connectivity index (χ0) is 34.0. The van der Waals surface area contributed by atoms with Gasteiger partial charge in [0.25, 0.3) is 0 Å². The van der Waals surface area contributed by atoms with Crippen molar-refractivity contribution in [3.63, 3.8) is 0 Å². The molecule has 8 heteroatoms. The van der Waals surface area contributed by atoms with Crippen molar-refractivity contribution < 1.29 is 23.9 Å². The van der Waals surface area contributed by atoms with E-state index < -0.39 is 11.2 Å². The van der Waals surface area contributed by atoms with Gasteiger partial charge in [-0.1, -0.05) is 73.9 Å². The van der Waals surface area contributed by atoms with Crippen molar-refractivity contribution in [2.45, 2.75) is 104 Å². The summed E-state index contributed by atoms with van der Waals surface area (Å²) in [6.07, 6.45) is 11.3. The average molecular weight is 648 g/mol. The first-order chi connectivity index (χ1) is 22.3. The van der Waals surface area contributed by atoms with E-state index in [1.54, 1.807) is 9.80 Å². The van der Waals surface area contributed by atoms with Crippen LogP contribution in [0.4, 0.5) is 9.59 Å². The zero-order valence-corrected chi connectivity index (χ0v) is 29.6. The number of benzene rings is 2. The Balaban J connectivity index is 1.34.